The van der Waals surface area contributed by atoms with Crippen LogP contribution in [0.5, 0.6) is 0 Å². The highest BCUT2D eigenvalue weighted by atomic mass is 16.2. The second-order valence-electron chi connectivity index (χ2n) is 6.23. The number of pyridine rings is 1. The molecule has 1 aliphatic rings. The van der Waals surface area contributed by atoms with Crippen molar-refractivity contribution >= 4 is 22.5 Å². The zero-order valence-corrected chi connectivity index (χ0v) is 13.6. The number of aromatic nitrogens is 2. The first-order chi connectivity index (χ1) is 11.7. The van der Waals surface area contributed by atoms with Gasteiger partial charge in [-0.2, -0.15) is 0 Å². The molecule has 24 heavy (non-hydrogen) atoms. The first-order valence-electron chi connectivity index (χ1n) is 8.25. The number of hydrogen-bond donors (Lipinski definition) is 1. The lowest BCUT2D eigenvalue weighted by Gasteiger charge is -2.26. The summed E-state index contributed by atoms with van der Waals surface area (Å²) < 4.78 is 2.10. The molecule has 2 aromatic heterocycles. The molecule has 4 rings (SSSR count). The van der Waals surface area contributed by atoms with Crippen LogP contribution in [0.3, 0.4) is 0 Å². The smallest absolute Gasteiger partial charge is 0.322 e. The number of benzene rings is 1. The number of aryl methyl sites for hydroxylation is 1. The van der Waals surface area contributed by atoms with Gasteiger partial charge in [-0.05, 0) is 37.1 Å². The molecule has 5 nitrogen and oxygen atoms in total. The van der Waals surface area contributed by atoms with Crippen molar-refractivity contribution < 1.29 is 4.79 Å². The number of nitrogens with zero attached hydrogens (tertiary/aromatic N) is 3. The van der Waals surface area contributed by atoms with E-state index in [1.54, 1.807) is 6.20 Å². The van der Waals surface area contributed by atoms with E-state index in [-0.39, 0.29) is 12.1 Å². The fraction of sp³-hybridized carbons (Fsp3) is 0.263. The number of amides is 2. The Bertz CT molecular complexity index is 880. The van der Waals surface area contributed by atoms with E-state index in [1.807, 2.05) is 54.7 Å². The Morgan fingerprint density at radius 2 is 2.17 bits per heavy atom. The van der Waals surface area contributed by atoms with Crippen molar-refractivity contribution in [2.75, 3.05) is 11.9 Å². The van der Waals surface area contributed by atoms with Gasteiger partial charge in [-0.25, -0.2) is 4.79 Å². The molecule has 0 saturated carbocycles. The average Bonchev–Trinajstić information content (AvgIpc) is 3.23. The van der Waals surface area contributed by atoms with Gasteiger partial charge in [0.25, 0.3) is 0 Å². The van der Waals surface area contributed by atoms with Gasteiger partial charge in [0.2, 0.25) is 0 Å². The van der Waals surface area contributed by atoms with E-state index in [1.165, 1.54) is 5.69 Å². The number of carbonyl (C=O) groups excluding carboxylic acids is 1. The van der Waals surface area contributed by atoms with E-state index in [4.69, 9.17) is 0 Å². The molecular weight excluding hydrogens is 300 g/mol. The Kier molecular flexibility index (Phi) is 3.69. The van der Waals surface area contributed by atoms with Gasteiger partial charge in [-0.3, -0.25) is 4.98 Å². The van der Waals surface area contributed by atoms with E-state index in [2.05, 4.69) is 20.9 Å². The molecule has 1 aromatic carbocycles. The van der Waals surface area contributed by atoms with Crippen molar-refractivity contribution in [2.45, 2.75) is 18.9 Å². The van der Waals surface area contributed by atoms with E-state index in [9.17, 15) is 4.79 Å². The summed E-state index contributed by atoms with van der Waals surface area (Å²) in [5.74, 6) is 0. The van der Waals surface area contributed by atoms with E-state index < -0.39 is 0 Å². The first kappa shape index (κ1) is 14.8. The summed E-state index contributed by atoms with van der Waals surface area (Å²) in [7, 11) is 2.03. The molecule has 122 valence electrons. The molecule has 3 heterocycles. The highest BCUT2D eigenvalue weighted by molar-refractivity contribution is 6.01. The number of rotatable bonds is 2. The topological polar surface area (TPSA) is 50.2 Å². The standard InChI is InChI=1S/C19H20N4O/c1-22-11-3-7-17(22)18-8-4-12-23(18)19(24)21-16-6-2-5-14-13-20-10-9-15(14)16/h2-3,5-7,9-11,13,18H,4,8,12H2,1H3,(H,21,24)/t18-/m0/s1. The lowest BCUT2D eigenvalue weighted by molar-refractivity contribution is 0.205. The predicted molar refractivity (Wildman–Crippen MR) is 94.9 cm³/mol. The lowest BCUT2D eigenvalue weighted by atomic mass is 10.1. The zero-order chi connectivity index (χ0) is 16.5. The minimum Gasteiger partial charge on any atom is -0.353 e. The number of likely N-dealkylation sites (tertiary alicyclic amines) is 1. The molecule has 1 N–H and O–H groups in total. The average molecular weight is 320 g/mol. The van der Waals surface area contributed by atoms with Gasteiger partial charge in [0.05, 0.1) is 11.7 Å². The number of anilines is 1. The van der Waals surface area contributed by atoms with Crippen LogP contribution >= 0.6 is 0 Å². The molecule has 0 bridgehead atoms. The summed E-state index contributed by atoms with van der Waals surface area (Å²) >= 11 is 0. The maximum Gasteiger partial charge on any atom is 0.322 e. The quantitative estimate of drug-likeness (QED) is 0.777. The maximum atomic E-state index is 12.9. The van der Waals surface area contributed by atoms with Crippen LogP contribution in [-0.4, -0.2) is 27.0 Å². The van der Waals surface area contributed by atoms with Crippen molar-refractivity contribution in [2.24, 2.45) is 7.05 Å². The lowest BCUT2D eigenvalue weighted by Crippen LogP contribution is -2.35. The number of fused-ring (bicyclic) bond motifs is 1. The van der Waals surface area contributed by atoms with Crippen molar-refractivity contribution in [3.63, 3.8) is 0 Å². The van der Waals surface area contributed by atoms with Crippen LogP contribution in [0.25, 0.3) is 10.8 Å². The Morgan fingerprint density at radius 3 is 3.00 bits per heavy atom. The number of carbonyl (C=O) groups is 1. The minimum absolute atomic E-state index is 0.0389. The first-order valence-corrected chi connectivity index (χ1v) is 8.25. The van der Waals surface area contributed by atoms with Crippen molar-refractivity contribution in [3.05, 3.63) is 60.7 Å². The molecule has 5 heteroatoms. The summed E-state index contributed by atoms with van der Waals surface area (Å²) in [4.78, 5) is 18.9. The van der Waals surface area contributed by atoms with Gasteiger partial charge in [0.1, 0.15) is 0 Å². The maximum absolute atomic E-state index is 12.9. The molecular formula is C19H20N4O. The molecule has 0 radical (unpaired) electrons. The van der Waals surface area contributed by atoms with Crippen LogP contribution < -0.4 is 5.32 Å². The van der Waals surface area contributed by atoms with Gasteiger partial charge in [0.15, 0.2) is 0 Å². The van der Waals surface area contributed by atoms with Crippen LogP contribution in [-0.2, 0) is 7.05 Å². The number of nitrogens with one attached hydrogen (secondary N) is 1. The van der Waals surface area contributed by atoms with Crippen molar-refractivity contribution in [1.29, 1.82) is 0 Å². The largest absolute Gasteiger partial charge is 0.353 e. The van der Waals surface area contributed by atoms with Gasteiger partial charge < -0.3 is 14.8 Å². The van der Waals surface area contributed by atoms with Crippen LogP contribution in [0.4, 0.5) is 10.5 Å². The summed E-state index contributed by atoms with van der Waals surface area (Å²) in [6.07, 6.45) is 7.63. The molecule has 1 atom stereocenters. The Balaban J connectivity index is 1.60. The van der Waals surface area contributed by atoms with Crippen molar-refractivity contribution in [3.8, 4) is 0 Å². The van der Waals surface area contributed by atoms with Gasteiger partial charge in [0, 0.05) is 48.6 Å². The van der Waals surface area contributed by atoms with Crippen LogP contribution in [0.2, 0.25) is 0 Å². The third kappa shape index (κ3) is 2.52. The Hall–Kier alpha value is -2.82. The molecule has 1 fully saturated rings. The third-order valence-electron chi connectivity index (χ3n) is 4.76. The second-order valence-corrected chi connectivity index (χ2v) is 6.23. The molecule has 0 spiro atoms. The SMILES string of the molecule is Cn1cccc1[C@@H]1CCCN1C(=O)Nc1cccc2cnccc12. The van der Waals surface area contributed by atoms with E-state index >= 15 is 0 Å². The zero-order valence-electron chi connectivity index (χ0n) is 13.6. The minimum atomic E-state index is -0.0389. The number of urea groups is 1. The Labute approximate surface area is 140 Å². The second kappa shape index (κ2) is 6.00. The molecule has 0 unspecified atom stereocenters. The van der Waals surface area contributed by atoms with Crippen LogP contribution in [0.1, 0.15) is 24.6 Å². The van der Waals surface area contributed by atoms with Crippen LogP contribution in [0.15, 0.2) is 55.0 Å². The number of hydrogen-bond acceptors (Lipinski definition) is 2. The van der Waals surface area contributed by atoms with Crippen molar-refractivity contribution in [1.82, 2.24) is 14.5 Å². The molecule has 1 saturated heterocycles. The predicted octanol–water partition coefficient (Wildman–Crippen LogP) is 3.94. The molecule has 1 aliphatic heterocycles. The summed E-state index contributed by atoms with van der Waals surface area (Å²) in [5, 5.41) is 5.12. The highest BCUT2D eigenvalue weighted by Crippen LogP contribution is 2.33. The van der Waals surface area contributed by atoms with Gasteiger partial charge in [-0.15, -0.1) is 0 Å². The fourth-order valence-electron chi connectivity index (χ4n) is 3.56. The van der Waals surface area contributed by atoms with E-state index in [0.29, 0.717) is 0 Å². The highest BCUT2D eigenvalue weighted by Gasteiger charge is 2.31. The van der Waals surface area contributed by atoms with Gasteiger partial charge in [-0.1, -0.05) is 12.1 Å². The molecule has 0 aliphatic carbocycles. The van der Waals surface area contributed by atoms with Gasteiger partial charge >= 0.3 is 6.03 Å². The summed E-state index contributed by atoms with van der Waals surface area (Å²) in [6, 6.07) is 12.0. The summed E-state index contributed by atoms with van der Waals surface area (Å²) in [6.45, 7) is 0.786. The van der Waals surface area contributed by atoms with E-state index in [0.717, 1.165) is 35.8 Å². The molecule has 2 amide bonds. The summed E-state index contributed by atoms with van der Waals surface area (Å²) in [5.41, 5.74) is 2.02. The fourth-order valence-corrected chi connectivity index (χ4v) is 3.56. The van der Waals surface area contributed by atoms with Crippen LogP contribution in [0, 0.1) is 0 Å². The normalized spacial score (nSPS) is 17.4. The monoisotopic (exact) mass is 320 g/mol. The molecule has 3 aromatic rings. The third-order valence-corrected chi connectivity index (χ3v) is 4.76. The Morgan fingerprint density at radius 1 is 1.25 bits per heavy atom.